The van der Waals surface area contributed by atoms with Gasteiger partial charge in [-0.1, -0.05) is 48.9 Å². The maximum atomic E-state index is 11.4. The number of carbonyl (C=O) groups is 2. The molecular formula is C20H27N3O2. The third-order valence-electron chi connectivity index (χ3n) is 4.16. The predicted octanol–water partition coefficient (Wildman–Crippen LogP) is 2.99. The summed E-state index contributed by atoms with van der Waals surface area (Å²) in [5.74, 6) is 0. The third kappa shape index (κ3) is 6.55. The highest BCUT2D eigenvalue weighted by Crippen LogP contribution is 2.18. The van der Waals surface area contributed by atoms with E-state index < -0.39 is 0 Å². The van der Waals surface area contributed by atoms with Gasteiger partial charge in [-0.25, -0.2) is 4.79 Å². The molecule has 1 atom stereocenters. The first kappa shape index (κ1) is 18.9. The summed E-state index contributed by atoms with van der Waals surface area (Å²) in [7, 11) is 0. The van der Waals surface area contributed by atoms with Crippen molar-refractivity contribution in [3.63, 3.8) is 0 Å². The molecule has 0 aliphatic heterocycles. The highest BCUT2D eigenvalue weighted by molar-refractivity contribution is 5.85. The van der Waals surface area contributed by atoms with Crippen LogP contribution in [0.15, 0.2) is 42.5 Å². The van der Waals surface area contributed by atoms with Gasteiger partial charge < -0.3 is 20.7 Å². The molecular weight excluding hydrogens is 314 g/mol. The van der Waals surface area contributed by atoms with E-state index in [9.17, 15) is 9.59 Å². The summed E-state index contributed by atoms with van der Waals surface area (Å²) in [5.41, 5.74) is 1.32. The van der Waals surface area contributed by atoms with E-state index in [-0.39, 0.29) is 18.6 Å². The molecule has 5 nitrogen and oxygen atoms in total. The van der Waals surface area contributed by atoms with E-state index in [4.69, 9.17) is 0 Å². The van der Waals surface area contributed by atoms with Crippen molar-refractivity contribution < 1.29 is 9.59 Å². The van der Waals surface area contributed by atoms with Crippen molar-refractivity contribution in [3.8, 4) is 0 Å². The number of carbonyl (C=O) groups excluding carboxylic acids is 2. The predicted molar refractivity (Wildman–Crippen MR) is 102 cm³/mol. The molecule has 0 saturated heterocycles. The molecule has 134 valence electrons. The van der Waals surface area contributed by atoms with E-state index in [1.165, 1.54) is 16.3 Å². The molecule has 25 heavy (non-hydrogen) atoms. The van der Waals surface area contributed by atoms with Crippen molar-refractivity contribution in [2.75, 3.05) is 13.1 Å². The molecule has 2 aromatic carbocycles. The second-order valence-electron chi connectivity index (χ2n) is 6.23. The number of benzene rings is 2. The van der Waals surface area contributed by atoms with Crippen molar-refractivity contribution >= 4 is 23.1 Å². The molecule has 0 radical (unpaired) electrons. The van der Waals surface area contributed by atoms with Crippen LogP contribution >= 0.6 is 0 Å². The fourth-order valence-corrected chi connectivity index (χ4v) is 2.85. The standard InChI is InChI=1S/C20H27N3O2/c1-16(23-20(25)22-13-14-24)7-4-5-12-21-15-18-10-6-9-17-8-2-3-11-19(17)18/h2-3,6,8-11,14,16,21H,4-5,7,12-13,15H2,1H3,(H2,22,23,25)/t16-/m1/s1. The van der Waals surface area contributed by atoms with Gasteiger partial charge in [-0.15, -0.1) is 0 Å². The third-order valence-corrected chi connectivity index (χ3v) is 4.16. The maximum Gasteiger partial charge on any atom is 0.315 e. The average molecular weight is 341 g/mol. The Bertz CT molecular complexity index is 682. The first-order valence-electron chi connectivity index (χ1n) is 8.86. The van der Waals surface area contributed by atoms with Crippen LogP contribution in [0.5, 0.6) is 0 Å². The van der Waals surface area contributed by atoms with Crippen molar-refractivity contribution in [3.05, 3.63) is 48.0 Å². The zero-order valence-electron chi connectivity index (χ0n) is 14.8. The number of aldehydes is 1. The molecule has 2 aromatic rings. The molecule has 0 bridgehead atoms. The molecule has 0 aromatic heterocycles. The molecule has 0 unspecified atom stereocenters. The Kier molecular flexibility index (Phi) is 7.92. The summed E-state index contributed by atoms with van der Waals surface area (Å²) in [4.78, 5) is 21.6. The second-order valence-corrected chi connectivity index (χ2v) is 6.23. The minimum Gasteiger partial charge on any atom is -0.336 e. The Morgan fingerprint density at radius 3 is 2.76 bits per heavy atom. The van der Waals surface area contributed by atoms with Crippen molar-refractivity contribution in [1.82, 2.24) is 16.0 Å². The summed E-state index contributed by atoms with van der Waals surface area (Å²) < 4.78 is 0. The molecule has 2 amide bonds. The minimum atomic E-state index is -0.284. The lowest BCUT2D eigenvalue weighted by Gasteiger charge is -2.14. The van der Waals surface area contributed by atoms with Gasteiger partial charge in [0.25, 0.3) is 0 Å². The lowest BCUT2D eigenvalue weighted by Crippen LogP contribution is -2.41. The quantitative estimate of drug-likeness (QED) is 0.460. The van der Waals surface area contributed by atoms with Gasteiger partial charge in [-0.3, -0.25) is 0 Å². The topological polar surface area (TPSA) is 70.2 Å². The molecule has 0 aliphatic rings. The Labute approximate surface area is 149 Å². The smallest absolute Gasteiger partial charge is 0.315 e. The van der Waals surface area contributed by atoms with E-state index >= 15 is 0 Å². The number of hydrogen-bond donors (Lipinski definition) is 3. The van der Waals surface area contributed by atoms with Gasteiger partial charge in [0.1, 0.15) is 6.29 Å². The number of unbranched alkanes of at least 4 members (excludes halogenated alkanes) is 1. The summed E-state index contributed by atoms with van der Waals surface area (Å²) >= 11 is 0. The first-order chi connectivity index (χ1) is 12.2. The highest BCUT2D eigenvalue weighted by Gasteiger charge is 2.06. The van der Waals surface area contributed by atoms with Crippen LogP contribution in [0.25, 0.3) is 10.8 Å². The van der Waals surface area contributed by atoms with Crippen LogP contribution in [-0.2, 0) is 11.3 Å². The van der Waals surface area contributed by atoms with Gasteiger partial charge in [0.05, 0.1) is 6.54 Å². The number of amides is 2. The van der Waals surface area contributed by atoms with Crippen molar-refractivity contribution in [1.29, 1.82) is 0 Å². The zero-order chi connectivity index (χ0) is 17.9. The highest BCUT2D eigenvalue weighted by atomic mass is 16.2. The summed E-state index contributed by atoms with van der Waals surface area (Å²) in [5, 5.41) is 11.4. The molecule has 0 heterocycles. The van der Waals surface area contributed by atoms with Gasteiger partial charge in [-0.05, 0) is 42.6 Å². The van der Waals surface area contributed by atoms with E-state index in [0.29, 0.717) is 6.29 Å². The molecule has 2 rings (SSSR count). The molecule has 0 fully saturated rings. The van der Waals surface area contributed by atoms with Gasteiger partial charge in [0.15, 0.2) is 0 Å². The normalized spacial score (nSPS) is 11.9. The maximum absolute atomic E-state index is 11.4. The lowest BCUT2D eigenvalue weighted by molar-refractivity contribution is -0.107. The van der Waals surface area contributed by atoms with Crippen molar-refractivity contribution in [2.24, 2.45) is 0 Å². The van der Waals surface area contributed by atoms with E-state index in [0.717, 1.165) is 32.4 Å². The zero-order valence-corrected chi connectivity index (χ0v) is 14.8. The second kappa shape index (κ2) is 10.5. The Morgan fingerprint density at radius 2 is 1.92 bits per heavy atom. The monoisotopic (exact) mass is 341 g/mol. The van der Waals surface area contributed by atoms with Gasteiger partial charge >= 0.3 is 6.03 Å². The summed E-state index contributed by atoms with van der Waals surface area (Å²) in [6, 6.07) is 14.7. The van der Waals surface area contributed by atoms with Gasteiger partial charge in [0, 0.05) is 12.6 Å². The molecule has 3 N–H and O–H groups in total. The van der Waals surface area contributed by atoms with Crippen LogP contribution in [-0.4, -0.2) is 31.4 Å². The minimum absolute atomic E-state index is 0.0522. The SMILES string of the molecule is C[C@H](CCCCNCc1cccc2ccccc12)NC(=O)NCC=O. The summed E-state index contributed by atoms with van der Waals surface area (Å²) in [6.45, 7) is 3.84. The number of fused-ring (bicyclic) bond motifs is 1. The van der Waals surface area contributed by atoms with Crippen LogP contribution in [0.3, 0.4) is 0 Å². The van der Waals surface area contributed by atoms with Gasteiger partial charge in [-0.2, -0.15) is 0 Å². The number of nitrogens with one attached hydrogen (secondary N) is 3. The van der Waals surface area contributed by atoms with E-state index in [1.807, 2.05) is 6.92 Å². The van der Waals surface area contributed by atoms with Crippen LogP contribution in [0, 0.1) is 0 Å². The van der Waals surface area contributed by atoms with Crippen LogP contribution in [0.1, 0.15) is 31.7 Å². The summed E-state index contributed by atoms with van der Waals surface area (Å²) in [6.07, 6.45) is 3.70. The molecule has 0 saturated carbocycles. The molecule has 0 spiro atoms. The van der Waals surface area contributed by atoms with Crippen LogP contribution < -0.4 is 16.0 Å². The number of rotatable bonds is 10. The fourth-order valence-electron chi connectivity index (χ4n) is 2.85. The lowest BCUT2D eigenvalue weighted by atomic mass is 10.0. The average Bonchev–Trinajstić information content (AvgIpc) is 2.63. The van der Waals surface area contributed by atoms with Gasteiger partial charge in [0.2, 0.25) is 0 Å². The Morgan fingerprint density at radius 1 is 1.12 bits per heavy atom. The van der Waals surface area contributed by atoms with E-state index in [2.05, 4.69) is 58.4 Å². The van der Waals surface area contributed by atoms with Crippen LogP contribution in [0.4, 0.5) is 4.79 Å². The number of hydrogen-bond acceptors (Lipinski definition) is 3. The fraction of sp³-hybridized carbons (Fsp3) is 0.400. The number of urea groups is 1. The molecule has 5 heteroatoms. The molecule has 0 aliphatic carbocycles. The largest absolute Gasteiger partial charge is 0.336 e. The first-order valence-corrected chi connectivity index (χ1v) is 8.86. The van der Waals surface area contributed by atoms with Crippen molar-refractivity contribution in [2.45, 2.75) is 38.8 Å². The van der Waals surface area contributed by atoms with Crippen LogP contribution in [0.2, 0.25) is 0 Å². The Hall–Kier alpha value is -2.40. The van der Waals surface area contributed by atoms with E-state index in [1.54, 1.807) is 0 Å². The Balaban J connectivity index is 1.62.